The molecule has 0 aliphatic carbocycles. The second kappa shape index (κ2) is 8.33. The van der Waals surface area contributed by atoms with Gasteiger partial charge in [0.05, 0.1) is 0 Å². The van der Waals surface area contributed by atoms with Crippen molar-refractivity contribution in [3.8, 4) is 16.9 Å². The van der Waals surface area contributed by atoms with Gasteiger partial charge >= 0.3 is 0 Å². The highest BCUT2D eigenvalue weighted by Gasteiger charge is 2.10. The van der Waals surface area contributed by atoms with Gasteiger partial charge in [0.15, 0.2) is 0 Å². The Morgan fingerprint density at radius 3 is 2.48 bits per heavy atom. The van der Waals surface area contributed by atoms with E-state index in [0.29, 0.717) is 24.2 Å². The first kappa shape index (κ1) is 18.5. The molecule has 0 fully saturated rings. The van der Waals surface area contributed by atoms with Crippen LogP contribution >= 0.6 is 0 Å². The number of hydrogen-bond acceptors (Lipinski definition) is 3. The van der Waals surface area contributed by atoms with E-state index in [0.717, 1.165) is 11.1 Å². The Kier molecular flexibility index (Phi) is 6.17. The summed E-state index contributed by atoms with van der Waals surface area (Å²) in [5, 5.41) is 15.6. The summed E-state index contributed by atoms with van der Waals surface area (Å²) in [5.41, 5.74) is 3.01. The fourth-order valence-electron chi connectivity index (χ4n) is 2.38. The molecule has 2 rings (SSSR count). The van der Waals surface area contributed by atoms with Crippen molar-refractivity contribution in [2.45, 2.75) is 20.8 Å². The molecule has 2 aromatic rings. The molecule has 0 saturated heterocycles. The normalized spacial score (nSPS) is 10.6. The lowest BCUT2D eigenvalue weighted by Gasteiger charge is -2.10. The summed E-state index contributed by atoms with van der Waals surface area (Å²) in [5.74, 6) is -0.145. The van der Waals surface area contributed by atoms with Crippen LogP contribution in [0.25, 0.3) is 11.1 Å². The summed E-state index contributed by atoms with van der Waals surface area (Å²) in [4.78, 5) is 23.7. The van der Waals surface area contributed by atoms with E-state index in [1.165, 1.54) is 0 Å². The third kappa shape index (κ3) is 5.08. The van der Waals surface area contributed by atoms with Crippen LogP contribution in [0.1, 0.15) is 29.8 Å². The van der Waals surface area contributed by atoms with Crippen LogP contribution in [0.15, 0.2) is 42.5 Å². The van der Waals surface area contributed by atoms with E-state index in [9.17, 15) is 14.7 Å². The Labute approximate surface area is 148 Å². The largest absolute Gasteiger partial charge is 0.507 e. The van der Waals surface area contributed by atoms with Gasteiger partial charge < -0.3 is 15.7 Å². The molecule has 0 aliphatic heterocycles. The molecule has 0 spiro atoms. The van der Waals surface area contributed by atoms with E-state index < -0.39 is 0 Å². The lowest BCUT2D eigenvalue weighted by molar-refractivity contribution is -0.123. The summed E-state index contributed by atoms with van der Waals surface area (Å²) in [7, 11) is 0. The molecule has 0 saturated carbocycles. The zero-order chi connectivity index (χ0) is 18.4. The van der Waals surface area contributed by atoms with Gasteiger partial charge in [-0.05, 0) is 36.8 Å². The minimum atomic E-state index is -0.215. The second-order valence-electron chi connectivity index (χ2n) is 6.30. The van der Waals surface area contributed by atoms with Crippen molar-refractivity contribution in [1.29, 1.82) is 0 Å². The van der Waals surface area contributed by atoms with Gasteiger partial charge in [0.2, 0.25) is 5.91 Å². The van der Waals surface area contributed by atoms with Crippen LogP contribution in [0, 0.1) is 12.8 Å². The molecule has 2 amide bonds. The van der Waals surface area contributed by atoms with Crippen LogP contribution in [0.2, 0.25) is 0 Å². The zero-order valence-electron chi connectivity index (χ0n) is 14.8. The van der Waals surface area contributed by atoms with Gasteiger partial charge in [-0.1, -0.05) is 37.6 Å². The first-order valence-electron chi connectivity index (χ1n) is 8.34. The van der Waals surface area contributed by atoms with Gasteiger partial charge in [0.1, 0.15) is 5.75 Å². The number of rotatable bonds is 6. The highest BCUT2D eigenvalue weighted by Crippen LogP contribution is 2.30. The average molecular weight is 340 g/mol. The molecule has 25 heavy (non-hydrogen) atoms. The Hall–Kier alpha value is -2.82. The highest BCUT2D eigenvalue weighted by atomic mass is 16.3. The average Bonchev–Trinajstić information content (AvgIpc) is 2.60. The van der Waals surface area contributed by atoms with Gasteiger partial charge in [0, 0.05) is 30.1 Å². The number of hydrogen-bond donors (Lipinski definition) is 3. The van der Waals surface area contributed by atoms with Crippen molar-refractivity contribution >= 4 is 11.8 Å². The molecule has 0 heterocycles. The summed E-state index contributed by atoms with van der Waals surface area (Å²) >= 11 is 0. The quantitative estimate of drug-likeness (QED) is 0.708. The third-order valence-electron chi connectivity index (χ3n) is 3.82. The summed E-state index contributed by atoms with van der Waals surface area (Å²) < 4.78 is 0. The fourth-order valence-corrected chi connectivity index (χ4v) is 2.38. The molecule has 0 unspecified atom stereocenters. The van der Waals surface area contributed by atoms with Crippen molar-refractivity contribution in [2.24, 2.45) is 5.92 Å². The van der Waals surface area contributed by atoms with Crippen LogP contribution < -0.4 is 10.6 Å². The lowest BCUT2D eigenvalue weighted by Crippen LogP contribution is -2.36. The standard InChI is InChI=1S/C20H24N2O3/c1-13(2)19(24)21-9-10-22-20(25)16-6-4-5-15(12-16)17-11-14(3)7-8-18(17)23/h4-8,11-13,23H,9-10H2,1-3H3,(H,21,24)(H,22,25). The Bertz CT molecular complexity index is 769. The van der Waals surface area contributed by atoms with Crippen LogP contribution in [0.5, 0.6) is 5.75 Å². The molecule has 3 N–H and O–H groups in total. The van der Waals surface area contributed by atoms with Crippen molar-refractivity contribution in [2.75, 3.05) is 13.1 Å². The van der Waals surface area contributed by atoms with Gasteiger partial charge in [0.25, 0.3) is 5.91 Å². The number of phenolic OH excluding ortho intramolecular Hbond substituents is 1. The van der Waals surface area contributed by atoms with Crippen LogP contribution in [0.4, 0.5) is 0 Å². The van der Waals surface area contributed by atoms with Crippen molar-refractivity contribution in [1.82, 2.24) is 10.6 Å². The zero-order valence-corrected chi connectivity index (χ0v) is 14.8. The number of nitrogens with one attached hydrogen (secondary N) is 2. The van der Waals surface area contributed by atoms with Crippen LogP contribution in [-0.4, -0.2) is 30.0 Å². The monoisotopic (exact) mass is 340 g/mol. The van der Waals surface area contributed by atoms with Gasteiger partial charge in [-0.2, -0.15) is 0 Å². The van der Waals surface area contributed by atoms with Crippen molar-refractivity contribution < 1.29 is 14.7 Å². The van der Waals surface area contributed by atoms with Crippen molar-refractivity contribution in [3.63, 3.8) is 0 Å². The van der Waals surface area contributed by atoms with E-state index in [1.807, 2.05) is 39.0 Å². The fraction of sp³-hybridized carbons (Fsp3) is 0.300. The Morgan fingerprint density at radius 1 is 1.04 bits per heavy atom. The van der Waals surface area contributed by atoms with Crippen LogP contribution in [0.3, 0.4) is 0 Å². The number of aryl methyl sites for hydroxylation is 1. The second-order valence-corrected chi connectivity index (χ2v) is 6.30. The topological polar surface area (TPSA) is 78.4 Å². The molecular formula is C20H24N2O3. The maximum absolute atomic E-state index is 12.3. The third-order valence-corrected chi connectivity index (χ3v) is 3.82. The predicted molar refractivity (Wildman–Crippen MR) is 98.5 cm³/mol. The van der Waals surface area contributed by atoms with Crippen LogP contribution in [-0.2, 0) is 4.79 Å². The number of phenols is 1. The minimum Gasteiger partial charge on any atom is -0.507 e. The maximum atomic E-state index is 12.3. The molecule has 0 aliphatic rings. The number of amides is 2. The molecule has 5 nitrogen and oxygen atoms in total. The number of aromatic hydroxyl groups is 1. The predicted octanol–water partition coefficient (Wildman–Crippen LogP) is 2.87. The minimum absolute atomic E-state index is 0.0360. The molecular weight excluding hydrogens is 316 g/mol. The number of benzene rings is 2. The Morgan fingerprint density at radius 2 is 1.76 bits per heavy atom. The first-order chi connectivity index (χ1) is 11.9. The smallest absolute Gasteiger partial charge is 0.251 e. The number of carbonyl (C=O) groups excluding carboxylic acids is 2. The highest BCUT2D eigenvalue weighted by molar-refractivity contribution is 5.95. The Balaban J connectivity index is 2.02. The molecule has 5 heteroatoms. The SMILES string of the molecule is Cc1ccc(O)c(-c2cccc(C(=O)NCCNC(=O)C(C)C)c2)c1. The molecule has 0 radical (unpaired) electrons. The van der Waals surface area contributed by atoms with Crippen molar-refractivity contribution in [3.05, 3.63) is 53.6 Å². The summed E-state index contributed by atoms with van der Waals surface area (Å²) in [6.07, 6.45) is 0. The van der Waals surface area contributed by atoms with Gasteiger partial charge in [-0.25, -0.2) is 0 Å². The van der Waals surface area contributed by atoms with E-state index in [-0.39, 0.29) is 23.5 Å². The molecule has 0 bridgehead atoms. The molecule has 2 aromatic carbocycles. The first-order valence-corrected chi connectivity index (χ1v) is 8.34. The van der Waals surface area contributed by atoms with E-state index >= 15 is 0 Å². The molecule has 0 aromatic heterocycles. The van der Waals surface area contributed by atoms with E-state index in [2.05, 4.69) is 10.6 Å². The summed E-state index contributed by atoms with van der Waals surface area (Å²) in [6, 6.07) is 12.5. The van der Waals surface area contributed by atoms with E-state index in [4.69, 9.17) is 0 Å². The van der Waals surface area contributed by atoms with E-state index in [1.54, 1.807) is 24.3 Å². The van der Waals surface area contributed by atoms with Gasteiger partial charge in [-0.15, -0.1) is 0 Å². The molecule has 0 atom stereocenters. The molecule has 132 valence electrons. The van der Waals surface area contributed by atoms with Gasteiger partial charge in [-0.3, -0.25) is 9.59 Å². The maximum Gasteiger partial charge on any atom is 0.251 e. The lowest BCUT2D eigenvalue weighted by atomic mass is 10.00. The number of carbonyl (C=O) groups is 2. The summed E-state index contributed by atoms with van der Waals surface area (Å²) in [6.45, 7) is 6.34.